The molecule has 6 nitrogen and oxygen atoms in total. The first-order valence-corrected chi connectivity index (χ1v) is 9.18. The standard InChI is InChI=1S/C19H25N3O3/c1-13(22-16-7-3-4-10-17(16)25-19(22)24)18(23)21-12-6-9-15(21)14-8-5-11-20(14)2/h3-4,7,10,13-15H,5-6,8-9,11-12H2,1-2H3/t13-,14-,15-/m1/s1. The summed E-state index contributed by atoms with van der Waals surface area (Å²) >= 11 is 0. The number of carbonyl (C=O) groups is 1. The normalized spacial score (nSPS) is 25.8. The molecular formula is C19H25N3O3. The summed E-state index contributed by atoms with van der Waals surface area (Å²) in [7, 11) is 2.15. The number of likely N-dealkylation sites (N-methyl/N-ethyl adjacent to an activating group) is 1. The fourth-order valence-corrected chi connectivity index (χ4v) is 4.59. The van der Waals surface area contributed by atoms with Crippen molar-refractivity contribution < 1.29 is 9.21 Å². The molecule has 2 saturated heterocycles. The Labute approximate surface area is 147 Å². The maximum absolute atomic E-state index is 13.2. The fourth-order valence-electron chi connectivity index (χ4n) is 4.59. The van der Waals surface area contributed by atoms with Gasteiger partial charge in [-0.15, -0.1) is 0 Å². The predicted molar refractivity (Wildman–Crippen MR) is 95.6 cm³/mol. The van der Waals surface area contributed by atoms with E-state index in [9.17, 15) is 9.59 Å². The molecule has 1 aromatic carbocycles. The molecule has 2 aliphatic rings. The van der Waals surface area contributed by atoms with Gasteiger partial charge in [0.1, 0.15) is 6.04 Å². The first kappa shape index (κ1) is 16.4. The molecule has 0 unspecified atom stereocenters. The van der Waals surface area contributed by atoms with Gasteiger partial charge in [0, 0.05) is 18.6 Å². The smallest absolute Gasteiger partial charge is 0.408 e. The van der Waals surface area contributed by atoms with Crippen molar-refractivity contribution in [2.75, 3.05) is 20.1 Å². The van der Waals surface area contributed by atoms with Crippen LogP contribution in [-0.2, 0) is 4.79 Å². The third kappa shape index (κ3) is 2.68. The molecule has 6 heteroatoms. The topological polar surface area (TPSA) is 58.7 Å². The lowest BCUT2D eigenvalue weighted by atomic mass is 10.0. The molecule has 4 rings (SSSR count). The third-order valence-corrected chi connectivity index (χ3v) is 5.87. The number of hydrogen-bond donors (Lipinski definition) is 0. The zero-order valence-corrected chi connectivity index (χ0v) is 14.9. The molecule has 0 radical (unpaired) electrons. The fraction of sp³-hybridized carbons (Fsp3) is 0.579. The minimum atomic E-state index is -0.552. The number of carbonyl (C=O) groups excluding carboxylic acids is 1. The van der Waals surface area contributed by atoms with Crippen molar-refractivity contribution in [2.24, 2.45) is 0 Å². The summed E-state index contributed by atoms with van der Waals surface area (Å²) in [5.74, 6) is -0.438. The number of rotatable bonds is 3. The molecule has 3 heterocycles. The van der Waals surface area contributed by atoms with E-state index in [0.29, 0.717) is 17.1 Å². The molecule has 0 aliphatic carbocycles. The van der Waals surface area contributed by atoms with Gasteiger partial charge < -0.3 is 14.2 Å². The minimum Gasteiger partial charge on any atom is -0.408 e. The number of benzene rings is 1. The number of amides is 1. The highest BCUT2D eigenvalue weighted by Crippen LogP contribution is 2.31. The van der Waals surface area contributed by atoms with E-state index in [-0.39, 0.29) is 11.9 Å². The monoisotopic (exact) mass is 343 g/mol. The maximum Gasteiger partial charge on any atom is 0.420 e. The van der Waals surface area contributed by atoms with Crippen molar-refractivity contribution in [1.29, 1.82) is 0 Å². The van der Waals surface area contributed by atoms with Crippen LogP contribution in [0, 0.1) is 0 Å². The van der Waals surface area contributed by atoms with Crippen molar-refractivity contribution in [3.63, 3.8) is 0 Å². The summed E-state index contributed by atoms with van der Waals surface area (Å²) in [5, 5.41) is 0. The van der Waals surface area contributed by atoms with Crippen LogP contribution in [0.5, 0.6) is 0 Å². The van der Waals surface area contributed by atoms with Crippen molar-refractivity contribution in [3.8, 4) is 0 Å². The second-order valence-corrected chi connectivity index (χ2v) is 7.31. The van der Waals surface area contributed by atoms with Crippen molar-refractivity contribution in [1.82, 2.24) is 14.4 Å². The average Bonchev–Trinajstić information content (AvgIpc) is 3.30. The number of aromatic nitrogens is 1. The SMILES string of the molecule is C[C@H](C(=O)N1CCC[C@@H]1[C@H]1CCCN1C)n1c(=O)oc2ccccc21. The summed E-state index contributed by atoms with van der Waals surface area (Å²) in [6.45, 7) is 3.69. The zero-order valence-electron chi connectivity index (χ0n) is 14.9. The van der Waals surface area contributed by atoms with Crippen LogP contribution >= 0.6 is 0 Å². The molecule has 25 heavy (non-hydrogen) atoms. The van der Waals surface area contributed by atoms with Crippen molar-refractivity contribution in [3.05, 3.63) is 34.8 Å². The van der Waals surface area contributed by atoms with Crippen LogP contribution < -0.4 is 5.76 Å². The van der Waals surface area contributed by atoms with E-state index in [1.54, 1.807) is 13.0 Å². The van der Waals surface area contributed by atoms with Crippen molar-refractivity contribution >= 4 is 17.0 Å². The third-order valence-electron chi connectivity index (χ3n) is 5.87. The van der Waals surface area contributed by atoms with Crippen molar-refractivity contribution in [2.45, 2.75) is 50.7 Å². The van der Waals surface area contributed by atoms with Crippen LogP contribution in [-0.4, -0.2) is 52.5 Å². The Kier molecular flexibility index (Phi) is 4.15. The second kappa shape index (κ2) is 6.33. The molecule has 3 atom stereocenters. The highest BCUT2D eigenvalue weighted by atomic mass is 16.4. The average molecular weight is 343 g/mol. The van der Waals surface area contributed by atoms with E-state index >= 15 is 0 Å². The summed E-state index contributed by atoms with van der Waals surface area (Å²) in [6, 6.07) is 7.43. The largest absolute Gasteiger partial charge is 0.420 e. The van der Waals surface area contributed by atoms with E-state index < -0.39 is 11.8 Å². The van der Waals surface area contributed by atoms with E-state index in [1.165, 1.54) is 11.0 Å². The maximum atomic E-state index is 13.2. The van der Waals surface area contributed by atoms with E-state index in [2.05, 4.69) is 11.9 Å². The summed E-state index contributed by atoms with van der Waals surface area (Å²) in [5.41, 5.74) is 1.21. The molecule has 1 aromatic heterocycles. The number of hydrogen-bond acceptors (Lipinski definition) is 4. The Morgan fingerprint density at radius 2 is 1.88 bits per heavy atom. The number of para-hydroxylation sites is 2. The van der Waals surface area contributed by atoms with E-state index in [0.717, 1.165) is 32.4 Å². The van der Waals surface area contributed by atoms with Gasteiger partial charge in [-0.25, -0.2) is 4.79 Å². The quantitative estimate of drug-likeness (QED) is 0.858. The number of fused-ring (bicyclic) bond motifs is 1. The van der Waals surface area contributed by atoms with Gasteiger partial charge in [0.2, 0.25) is 5.91 Å². The van der Waals surface area contributed by atoms with E-state index in [4.69, 9.17) is 4.42 Å². The predicted octanol–water partition coefficient (Wildman–Crippen LogP) is 2.24. The number of likely N-dealkylation sites (tertiary alicyclic amines) is 2. The van der Waals surface area contributed by atoms with Crippen LogP contribution in [0.1, 0.15) is 38.6 Å². The van der Waals surface area contributed by atoms with Gasteiger partial charge in [0.25, 0.3) is 0 Å². The lowest BCUT2D eigenvalue weighted by molar-refractivity contribution is -0.136. The van der Waals surface area contributed by atoms with Gasteiger partial charge in [-0.05, 0) is 58.3 Å². The number of nitrogens with zero attached hydrogens (tertiary/aromatic N) is 3. The molecule has 2 fully saturated rings. The van der Waals surface area contributed by atoms with Crippen LogP contribution in [0.3, 0.4) is 0 Å². The highest BCUT2D eigenvalue weighted by Gasteiger charge is 2.40. The Bertz CT molecular complexity index is 840. The van der Waals surface area contributed by atoms with Gasteiger partial charge in [-0.3, -0.25) is 9.36 Å². The lowest BCUT2D eigenvalue weighted by Crippen LogP contribution is -2.49. The second-order valence-electron chi connectivity index (χ2n) is 7.31. The Morgan fingerprint density at radius 3 is 2.64 bits per heavy atom. The molecular weight excluding hydrogens is 318 g/mol. The van der Waals surface area contributed by atoms with Gasteiger partial charge in [-0.1, -0.05) is 12.1 Å². The first-order valence-electron chi connectivity index (χ1n) is 9.18. The zero-order chi connectivity index (χ0) is 17.6. The summed E-state index contributed by atoms with van der Waals surface area (Å²) < 4.78 is 6.80. The lowest BCUT2D eigenvalue weighted by Gasteiger charge is -2.34. The van der Waals surface area contributed by atoms with Gasteiger partial charge in [0.15, 0.2) is 5.58 Å². The molecule has 0 saturated carbocycles. The van der Waals surface area contributed by atoms with Gasteiger partial charge >= 0.3 is 5.76 Å². The Morgan fingerprint density at radius 1 is 1.16 bits per heavy atom. The summed E-state index contributed by atoms with van der Waals surface area (Å²) in [6.07, 6.45) is 4.43. The molecule has 2 aliphatic heterocycles. The Balaban J connectivity index is 1.63. The highest BCUT2D eigenvalue weighted by molar-refractivity contribution is 5.83. The van der Waals surface area contributed by atoms with Crippen LogP contribution in [0.15, 0.2) is 33.5 Å². The molecule has 2 aromatic rings. The molecule has 1 amide bonds. The van der Waals surface area contributed by atoms with Gasteiger partial charge in [0.05, 0.1) is 5.52 Å². The molecule has 0 spiro atoms. The molecule has 134 valence electrons. The van der Waals surface area contributed by atoms with E-state index in [1.807, 2.05) is 23.1 Å². The van der Waals surface area contributed by atoms with Crippen LogP contribution in [0.25, 0.3) is 11.1 Å². The van der Waals surface area contributed by atoms with Crippen LogP contribution in [0.4, 0.5) is 0 Å². The van der Waals surface area contributed by atoms with Gasteiger partial charge in [-0.2, -0.15) is 0 Å². The molecule has 0 bridgehead atoms. The minimum absolute atomic E-state index is 0.0245. The first-order chi connectivity index (χ1) is 12.1. The van der Waals surface area contributed by atoms with Crippen LogP contribution in [0.2, 0.25) is 0 Å². The Hall–Kier alpha value is -2.08. The molecule has 0 N–H and O–H groups in total. The number of oxazole rings is 1. The summed E-state index contributed by atoms with van der Waals surface area (Å²) in [4.78, 5) is 29.9.